The highest BCUT2D eigenvalue weighted by Crippen LogP contribution is 2.23. The summed E-state index contributed by atoms with van der Waals surface area (Å²) in [6.07, 6.45) is 2.42. The van der Waals surface area contributed by atoms with Crippen LogP contribution < -0.4 is 10.1 Å². The Hall–Kier alpha value is -1.20. The molecule has 0 saturated carbocycles. The summed E-state index contributed by atoms with van der Waals surface area (Å²) in [6, 6.07) is 5.91. The summed E-state index contributed by atoms with van der Waals surface area (Å²) in [7, 11) is 1.68. The predicted octanol–water partition coefficient (Wildman–Crippen LogP) is 3.05. The number of nitrogens with zero attached hydrogens (tertiary/aromatic N) is 1. The lowest BCUT2D eigenvalue weighted by atomic mass is 10.3. The molecule has 0 atom stereocenters. The van der Waals surface area contributed by atoms with Gasteiger partial charge in [0.15, 0.2) is 5.16 Å². The van der Waals surface area contributed by atoms with Crippen molar-refractivity contribution in [2.24, 2.45) is 0 Å². The van der Waals surface area contributed by atoms with Crippen LogP contribution in [0.25, 0.3) is 11.0 Å². The largest absolute Gasteiger partial charge is 0.497 e. The van der Waals surface area contributed by atoms with Crippen LogP contribution in [0.2, 0.25) is 0 Å². The Labute approximate surface area is 118 Å². The Bertz CT molecular complexity index is 512. The summed E-state index contributed by atoms with van der Waals surface area (Å²) in [5.74, 6) is 1.96. The first-order chi connectivity index (χ1) is 9.33. The maximum Gasteiger partial charge on any atom is 0.166 e. The molecule has 0 aliphatic carbocycles. The molecule has 0 aliphatic rings. The second-order valence-electron chi connectivity index (χ2n) is 4.33. The van der Waals surface area contributed by atoms with E-state index in [1.165, 1.54) is 12.8 Å². The highest BCUT2D eigenvalue weighted by Gasteiger charge is 2.04. The normalized spacial score (nSPS) is 11.1. The highest BCUT2D eigenvalue weighted by molar-refractivity contribution is 7.99. The smallest absolute Gasteiger partial charge is 0.166 e. The van der Waals surface area contributed by atoms with Crippen LogP contribution in [0.5, 0.6) is 5.75 Å². The predicted molar refractivity (Wildman–Crippen MR) is 81.1 cm³/mol. The van der Waals surface area contributed by atoms with E-state index in [0.29, 0.717) is 0 Å². The van der Waals surface area contributed by atoms with E-state index in [1.807, 2.05) is 18.2 Å². The van der Waals surface area contributed by atoms with Gasteiger partial charge in [0.05, 0.1) is 18.1 Å². The van der Waals surface area contributed by atoms with Crippen LogP contribution >= 0.6 is 11.8 Å². The number of hydrogen-bond donors (Lipinski definition) is 2. The lowest BCUT2D eigenvalue weighted by Crippen LogP contribution is -2.13. The van der Waals surface area contributed by atoms with Gasteiger partial charge in [0.1, 0.15) is 5.75 Å². The third kappa shape index (κ3) is 4.14. The minimum atomic E-state index is 0.860. The van der Waals surface area contributed by atoms with E-state index >= 15 is 0 Å². The van der Waals surface area contributed by atoms with Crippen LogP contribution in [0.1, 0.15) is 19.8 Å². The average Bonchev–Trinajstić information content (AvgIpc) is 2.84. The Morgan fingerprint density at radius 2 is 2.26 bits per heavy atom. The number of H-pyrrole nitrogens is 1. The van der Waals surface area contributed by atoms with Gasteiger partial charge in [0.25, 0.3) is 0 Å². The van der Waals surface area contributed by atoms with Gasteiger partial charge in [-0.3, -0.25) is 0 Å². The zero-order chi connectivity index (χ0) is 13.5. The monoisotopic (exact) mass is 279 g/mol. The molecule has 0 amide bonds. The fraction of sp³-hybridized carbons (Fsp3) is 0.500. The van der Waals surface area contributed by atoms with Gasteiger partial charge in [-0.15, -0.1) is 0 Å². The number of imidazole rings is 1. The van der Waals surface area contributed by atoms with Crippen LogP contribution in [-0.4, -0.2) is 35.9 Å². The summed E-state index contributed by atoms with van der Waals surface area (Å²) in [5, 5.41) is 4.33. The number of aromatic nitrogens is 2. The number of benzene rings is 1. The average molecular weight is 279 g/mol. The van der Waals surface area contributed by atoms with E-state index in [9.17, 15) is 0 Å². The second kappa shape index (κ2) is 7.40. The molecule has 1 heterocycles. The first-order valence-corrected chi connectivity index (χ1v) is 7.69. The molecule has 0 aliphatic heterocycles. The molecule has 1 aromatic heterocycles. The van der Waals surface area contributed by atoms with Gasteiger partial charge in [-0.25, -0.2) is 4.98 Å². The molecule has 0 radical (unpaired) electrons. The molecule has 2 N–H and O–H groups in total. The van der Waals surface area contributed by atoms with Gasteiger partial charge in [0, 0.05) is 11.8 Å². The number of hydrogen-bond acceptors (Lipinski definition) is 4. The van der Waals surface area contributed by atoms with Crippen molar-refractivity contribution in [2.75, 3.05) is 26.0 Å². The molecule has 19 heavy (non-hydrogen) atoms. The van der Waals surface area contributed by atoms with Gasteiger partial charge < -0.3 is 15.0 Å². The van der Waals surface area contributed by atoms with Crippen LogP contribution in [0.15, 0.2) is 23.4 Å². The Morgan fingerprint density at radius 3 is 3.05 bits per heavy atom. The van der Waals surface area contributed by atoms with E-state index < -0.39 is 0 Å². The molecule has 2 rings (SSSR count). The first kappa shape index (κ1) is 14.2. The van der Waals surface area contributed by atoms with Gasteiger partial charge in [-0.1, -0.05) is 18.7 Å². The van der Waals surface area contributed by atoms with Gasteiger partial charge in [0.2, 0.25) is 0 Å². The molecule has 0 spiro atoms. The first-order valence-electron chi connectivity index (χ1n) is 6.70. The summed E-state index contributed by atoms with van der Waals surface area (Å²) in [5.41, 5.74) is 2.03. The van der Waals surface area contributed by atoms with Gasteiger partial charge in [-0.2, -0.15) is 0 Å². The third-order valence-electron chi connectivity index (χ3n) is 2.90. The Kier molecular flexibility index (Phi) is 5.54. The molecule has 1 aromatic carbocycles. The number of methoxy groups -OCH3 is 1. The fourth-order valence-corrected chi connectivity index (χ4v) is 2.75. The molecule has 0 fully saturated rings. The molecule has 0 saturated heterocycles. The number of aromatic amines is 1. The standard InChI is InChI=1S/C14H21N3OS/c1-3-15-8-4-5-9-19-14-16-12-7-6-11(18-2)10-13(12)17-14/h6-7,10,15H,3-5,8-9H2,1-2H3,(H,16,17). The topological polar surface area (TPSA) is 49.9 Å². The Balaban J connectivity index is 1.84. The third-order valence-corrected chi connectivity index (χ3v) is 3.86. The molecular weight excluding hydrogens is 258 g/mol. The minimum Gasteiger partial charge on any atom is -0.497 e. The highest BCUT2D eigenvalue weighted by atomic mass is 32.2. The zero-order valence-electron chi connectivity index (χ0n) is 11.5. The summed E-state index contributed by atoms with van der Waals surface area (Å²) < 4.78 is 5.21. The lowest BCUT2D eigenvalue weighted by molar-refractivity contribution is 0.415. The molecule has 5 heteroatoms. The molecule has 0 bridgehead atoms. The zero-order valence-corrected chi connectivity index (χ0v) is 12.3. The molecule has 0 unspecified atom stereocenters. The number of rotatable bonds is 8. The van der Waals surface area contributed by atoms with Crippen molar-refractivity contribution in [1.29, 1.82) is 0 Å². The summed E-state index contributed by atoms with van der Waals surface area (Å²) in [6.45, 7) is 4.30. The quantitative estimate of drug-likeness (QED) is 0.576. The van der Waals surface area contributed by atoms with Crippen molar-refractivity contribution in [3.05, 3.63) is 18.2 Å². The molecule has 104 valence electrons. The van der Waals surface area contributed by atoms with Crippen molar-refractivity contribution in [1.82, 2.24) is 15.3 Å². The molecular formula is C14H21N3OS. The maximum atomic E-state index is 5.21. The van der Waals surface area contributed by atoms with Crippen LogP contribution in [-0.2, 0) is 0 Å². The summed E-state index contributed by atoms with van der Waals surface area (Å²) >= 11 is 1.78. The van der Waals surface area contributed by atoms with Crippen molar-refractivity contribution in [3.63, 3.8) is 0 Å². The number of thioether (sulfide) groups is 1. The van der Waals surface area contributed by atoms with Crippen molar-refractivity contribution in [2.45, 2.75) is 24.9 Å². The Morgan fingerprint density at radius 1 is 1.37 bits per heavy atom. The van der Waals surface area contributed by atoms with Crippen LogP contribution in [0, 0.1) is 0 Å². The van der Waals surface area contributed by atoms with Gasteiger partial charge in [-0.05, 0) is 38.1 Å². The number of nitrogens with one attached hydrogen (secondary N) is 2. The van der Waals surface area contributed by atoms with E-state index in [-0.39, 0.29) is 0 Å². The van der Waals surface area contributed by atoms with Crippen molar-refractivity contribution in [3.8, 4) is 5.75 Å². The fourth-order valence-electron chi connectivity index (χ4n) is 1.86. The minimum absolute atomic E-state index is 0.860. The van der Waals surface area contributed by atoms with E-state index in [0.717, 1.165) is 40.8 Å². The van der Waals surface area contributed by atoms with E-state index in [4.69, 9.17) is 4.74 Å². The number of unbranched alkanes of at least 4 members (excludes halogenated alkanes) is 1. The second-order valence-corrected chi connectivity index (χ2v) is 5.42. The van der Waals surface area contributed by atoms with Crippen LogP contribution in [0.4, 0.5) is 0 Å². The summed E-state index contributed by atoms with van der Waals surface area (Å²) in [4.78, 5) is 7.89. The van der Waals surface area contributed by atoms with E-state index in [1.54, 1.807) is 18.9 Å². The number of ether oxygens (including phenoxy) is 1. The molecule has 4 nitrogen and oxygen atoms in total. The van der Waals surface area contributed by atoms with Gasteiger partial charge >= 0.3 is 0 Å². The maximum absolute atomic E-state index is 5.21. The lowest BCUT2D eigenvalue weighted by Gasteiger charge is -2.00. The van der Waals surface area contributed by atoms with Crippen molar-refractivity contribution < 1.29 is 4.74 Å². The number of fused-ring (bicyclic) bond motifs is 1. The van der Waals surface area contributed by atoms with Crippen LogP contribution in [0.3, 0.4) is 0 Å². The SMILES string of the molecule is CCNCCCCSc1nc2ccc(OC)cc2[nH]1. The van der Waals surface area contributed by atoms with Crippen molar-refractivity contribution >= 4 is 22.8 Å². The van der Waals surface area contributed by atoms with E-state index in [2.05, 4.69) is 22.2 Å². The molecule has 2 aromatic rings.